The number of carboxylic acids is 1. The molecule has 1 atom stereocenters. The van der Waals surface area contributed by atoms with Gasteiger partial charge in [0.05, 0.1) is 5.56 Å². The largest absolute Gasteiger partial charge is 0.478 e. The lowest BCUT2D eigenvalue weighted by atomic mass is 9.89. The zero-order chi connectivity index (χ0) is 19.5. The number of hydrogen-bond acceptors (Lipinski definition) is 5. The maximum absolute atomic E-state index is 12.2. The molecule has 1 unspecified atom stereocenters. The SMILES string of the molecule is CC(C)N.Cc1cc(C(=O)O)c(C2=NC(C)(C(C)C)C(=O)N2)nc1C. The summed E-state index contributed by atoms with van der Waals surface area (Å²) in [5.41, 5.74) is 5.97. The molecule has 1 aromatic heterocycles. The second-order valence-electron chi connectivity index (χ2n) is 7.05. The van der Waals surface area contributed by atoms with Gasteiger partial charge >= 0.3 is 5.97 Å². The molecule has 0 spiro atoms. The van der Waals surface area contributed by atoms with Gasteiger partial charge < -0.3 is 16.2 Å². The number of carbonyl (C=O) groups excluding carboxylic acids is 1. The molecule has 2 heterocycles. The third-order valence-corrected chi connectivity index (χ3v) is 4.08. The van der Waals surface area contributed by atoms with Gasteiger partial charge in [-0.25, -0.2) is 14.8 Å². The number of aryl methyl sites for hydroxylation is 2. The summed E-state index contributed by atoms with van der Waals surface area (Å²) in [5, 5.41) is 12.0. The van der Waals surface area contributed by atoms with Crippen molar-refractivity contribution in [3.63, 3.8) is 0 Å². The molecule has 7 nitrogen and oxygen atoms in total. The summed E-state index contributed by atoms with van der Waals surface area (Å²) >= 11 is 0. The van der Waals surface area contributed by atoms with Gasteiger partial charge in [0.25, 0.3) is 5.91 Å². The average Bonchev–Trinajstić information content (AvgIpc) is 2.77. The highest BCUT2D eigenvalue weighted by Crippen LogP contribution is 2.27. The second-order valence-corrected chi connectivity index (χ2v) is 7.05. The van der Waals surface area contributed by atoms with Gasteiger partial charge in [-0.2, -0.15) is 0 Å². The van der Waals surface area contributed by atoms with Gasteiger partial charge in [0.1, 0.15) is 11.2 Å². The first-order valence-electron chi connectivity index (χ1n) is 8.29. The fraction of sp³-hybridized carbons (Fsp3) is 0.556. The molecular weight excluding hydrogens is 320 g/mol. The number of amides is 1. The standard InChI is InChI=1S/C15H19N3O3.C3H9N/c1-7(2)15(5)14(21)17-12(18-15)11-10(13(19)20)6-8(3)9(4)16-11;1-3(2)4/h6-7H,1-5H3,(H,19,20)(H,17,18,21);3H,4H2,1-2H3. The number of aliphatic imine (C=N–C) groups is 1. The molecule has 0 radical (unpaired) electrons. The zero-order valence-corrected chi connectivity index (χ0v) is 16.0. The van der Waals surface area contributed by atoms with Crippen molar-refractivity contribution in [2.24, 2.45) is 16.6 Å². The highest BCUT2D eigenvalue weighted by Gasteiger charge is 2.43. The van der Waals surface area contributed by atoms with Crippen LogP contribution in [0.4, 0.5) is 0 Å². The first-order valence-corrected chi connectivity index (χ1v) is 8.29. The molecule has 7 heteroatoms. The molecule has 0 fully saturated rings. The van der Waals surface area contributed by atoms with Gasteiger partial charge in [-0.15, -0.1) is 0 Å². The molecular formula is C18H28N4O3. The Hall–Kier alpha value is -2.28. The number of amidine groups is 1. The van der Waals surface area contributed by atoms with Gasteiger partial charge in [0.15, 0.2) is 5.84 Å². The minimum absolute atomic E-state index is 0.00479. The van der Waals surface area contributed by atoms with Crippen molar-refractivity contribution < 1.29 is 14.7 Å². The van der Waals surface area contributed by atoms with E-state index in [1.165, 1.54) is 0 Å². The number of hydrogen-bond donors (Lipinski definition) is 3. The smallest absolute Gasteiger partial charge is 0.338 e. The van der Waals surface area contributed by atoms with Crippen LogP contribution >= 0.6 is 0 Å². The van der Waals surface area contributed by atoms with Crippen LogP contribution in [0, 0.1) is 19.8 Å². The van der Waals surface area contributed by atoms with Crippen LogP contribution in [0.15, 0.2) is 11.1 Å². The normalized spacial score (nSPS) is 19.4. The van der Waals surface area contributed by atoms with E-state index in [4.69, 9.17) is 5.73 Å². The summed E-state index contributed by atoms with van der Waals surface area (Å²) < 4.78 is 0. The Balaban J connectivity index is 0.000000705. The van der Waals surface area contributed by atoms with E-state index >= 15 is 0 Å². The van der Waals surface area contributed by atoms with E-state index in [2.05, 4.69) is 15.3 Å². The Morgan fingerprint density at radius 2 is 1.80 bits per heavy atom. The number of carbonyl (C=O) groups is 2. The van der Waals surface area contributed by atoms with Gasteiger partial charge in [-0.05, 0) is 44.4 Å². The van der Waals surface area contributed by atoms with Crippen molar-refractivity contribution in [1.82, 2.24) is 10.3 Å². The Labute approximate surface area is 148 Å². The lowest BCUT2D eigenvalue weighted by molar-refractivity contribution is -0.124. The highest BCUT2D eigenvalue weighted by atomic mass is 16.4. The predicted molar refractivity (Wildman–Crippen MR) is 97.9 cm³/mol. The summed E-state index contributed by atoms with van der Waals surface area (Å²) in [4.78, 5) is 32.3. The van der Waals surface area contributed by atoms with Crippen LogP contribution in [0.3, 0.4) is 0 Å². The van der Waals surface area contributed by atoms with E-state index in [1.807, 2.05) is 27.7 Å². The minimum atomic E-state index is -1.09. The zero-order valence-electron chi connectivity index (χ0n) is 16.0. The third-order valence-electron chi connectivity index (χ3n) is 4.08. The summed E-state index contributed by atoms with van der Waals surface area (Å²) in [6.07, 6.45) is 0. The van der Waals surface area contributed by atoms with E-state index in [1.54, 1.807) is 26.8 Å². The Morgan fingerprint density at radius 1 is 1.28 bits per heavy atom. The molecule has 4 N–H and O–H groups in total. The first kappa shape index (κ1) is 20.8. The van der Waals surface area contributed by atoms with Crippen molar-refractivity contribution in [1.29, 1.82) is 0 Å². The molecule has 138 valence electrons. The molecule has 1 aromatic rings. The lowest BCUT2D eigenvalue weighted by Crippen LogP contribution is -2.41. The van der Waals surface area contributed by atoms with Crippen molar-refractivity contribution in [2.45, 2.75) is 60.0 Å². The van der Waals surface area contributed by atoms with Crippen LogP contribution in [0.25, 0.3) is 0 Å². The summed E-state index contributed by atoms with van der Waals surface area (Å²) in [6, 6.07) is 1.89. The number of aromatic nitrogens is 1. The average molecular weight is 348 g/mol. The van der Waals surface area contributed by atoms with Crippen LogP contribution in [0.2, 0.25) is 0 Å². The minimum Gasteiger partial charge on any atom is -0.478 e. The van der Waals surface area contributed by atoms with E-state index in [0.29, 0.717) is 11.7 Å². The second kappa shape index (κ2) is 7.74. The fourth-order valence-electron chi connectivity index (χ4n) is 2.10. The predicted octanol–water partition coefficient (Wildman–Crippen LogP) is 2.04. The molecule has 0 aliphatic carbocycles. The van der Waals surface area contributed by atoms with Crippen molar-refractivity contribution in [2.75, 3.05) is 0 Å². The lowest BCUT2D eigenvalue weighted by Gasteiger charge is -2.21. The number of rotatable bonds is 3. The van der Waals surface area contributed by atoms with Crippen LogP contribution < -0.4 is 11.1 Å². The Kier molecular flexibility index (Phi) is 6.42. The van der Waals surface area contributed by atoms with E-state index in [9.17, 15) is 14.7 Å². The van der Waals surface area contributed by atoms with Crippen LogP contribution in [-0.4, -0.2) is 39.4 Å². The monoisotopic (exact) mass is 348 g/mol. The molecule has 0 bridgehead atoms. The molecule has 25 heavy (non-hydrogen) atoms. The van der Waals surface area contributed by atoms with Crippen LogP contribution in [0.1, 0.15) is 61.9 Å². The number of nitrogens with zero attached hydrogens (tertiary/aromatic N) is 2. The maximum atomic E-state index is 12.2. The number of nitrogens with two attached hydrogens (primary N) is 1. The number of pyridine rings is 1. The molecule has 0 saturated heterocycles. The Morgan fingerprint density at radius 3 is 2.20 bits per heavy atom. The van der Waals surface area contributed by atoms with Crippen molar-refractivity contribution >= 4 is 17.7 Å². The Bertz CT molecular complexity index is 708. The molecule has 1 aliphatic heterocycles. The molecule has 1 aliphatic rings. The molecule has 1 amide bonds. The highest BCUT2D eigenvalue weighted by molar-refractivity contribution is 6.17. The van der Waals surface area contributed by atoms with E-state index in [0.717, 1.165) is 5.56 Å². The topological polar surface area (TPSA) is 118 Å². The van der Waals surface area contributed by atoms with Crippen LogP contribution in [-0.2, 0) is 4.79 Å². The van der Waals surface area contributed by atoms with Gasteiger partial charge in [0.2, 0.25) is 0 Å². The number of carboxylic acid groups (broad SMARTS) is 1. The summed E-state index contributed by atoms with van der Waals surface area (Å²) in [6.45, 7) is 13.0. The number of aromatic carboxylic acids is 1. The van der Waals surface area contributed by atoms with Crippen molar-refractivity contribution in [3.8, 4) is 0 Å². The summed E-state index contributed by atoms with van der Waals surface area (Å²) in [5.74, 6) is -1.09. The quantitative estimate of drug-likeness (QED) is 0.772. The third kappa shape index (κ3) is 4.63. The summed E-state index contributed by atoms with van der Waals surface area (Å²) in [7, 11) is 0. The van der Waals surface area contributed by atoms with E-state index in [-0.39, 0.29) is 28.9 Å². The molecule has 2 rings (SSSR count). The van der Waals surface area contributed by atoms with E-state index < -0.39 is 11.5 Å². The number of nitrogens with one attached hydrogen (secondary N) is 1. The van der Waals surface area contributed by atoms with Gasteiger partial charge in [-0.1, -0.05) is 27.7 Å². The van der Waals surface area contributed by atoms with Gasteiger partial charge in [0, 0.05) is 5.69 Å². The molecule has 0 aromatic carbocycles. The van der Waals surface area contributed by atoms with Crippen molar-refractivity contribution in [3.05, 3.63) is 28.6 Å². The van der Waals surface area contributed by atoms with Crippen LogP contribution in [0.5, 0.6) is 0 Å². The van der Waals surface area contributed by atoms with Gasteiger partial charge in [-0.3, -0.25) is 4.79 Å². The maximum Gasteiger partial charge on any atom is 0.338 e. The molecule has 0 saturated carbocycles. The fourth-order valence-corrected chi connectivity index (χ4v) is 2.10. The first-order chi connectivity index (χ1) is 11.4.